The van der Waals surface area contributed by atoms with Gasteiger partial charge in [0, 0.05) is 26.4 Å². The fraction of sp³-hybridized carbons (Fsp3) is 1.00. The van der Waals surface area contributed by atoms with Gasteiger partial charge in [0.05, 0.1) is 13.2 Å². The Balaban J connectivity index is -0.000000166. The van der Waals surface area contributed by atoms with Crippen molar-refractivity contribution in [3.05, 3.63) is 0 Å². The summed E-state index contributed by atoms with van der Waals surface area (Å²) in [5.74, 6) is 2.42. The molecule has 3 unspecified atom stereocenters. The molecular weight excluding hydrogens is 408 g/mol. The SMILES string of the molecule is CC.CC.CC.CC.CC(C)C1(C)CCOC1.CC(C)C1CCOC1.CCC1(C)CCOC1. The highest BCUT2D eigenvalue weighted by molar-refractivity contribution is 4.81. The maximum absolute atomic E-state index is 5.32. The largest absolute Gasteiger partial charge is 0.381 e. The van der Waals surface area contributed by atoms with E-state index in [2.05, 4.69) is 48.5 Å². The second-order valence-electron chi connectivity index (χ2n) is 9.45. The summed E-state index contributed by atoms with van der Waals surface area (Å²) >= 11 is 0. The summed E-state index contributed by atoms with van der Waals surface area (Å²) in [4.78, 5) is 0. The average molecular weight is 477 g/mol. The van der Waals surface area contributed by atoms with E-state index in [1.165, 1.54) is 25.7 Å². The van der Waals surface area contributed by atoms with Crippen LogP contribution in [0.25, 0.3) is 0 Å². The predicted molar refractivity (Wildman–Crippen MR) is 151 cm³/mol. The van der Waals surface area contributed by atoms with Crippen LogP contribution < -0.4 is 0 Å². The summed E-state index contributed by atoms with van der Waals surface area (Å²) in [6, 6.07) is 0. The van der Waals surface area contributed by atoms with Crippen molar-refractivity contribution >= 4 is 0 Å². The number of hydrogen-bond donors (Lipinski definition) is 0. The molecule has 3 aliphatic heterocycles. The number of ether oxygens (including phenoxy) is 3. The molecule has 0 aromatic rings. The Labute approximate surface area is 212 Å². The Kier molecular flexibility index (Phi) is 32.2. The van der Waals surface area contributed by atoms with Crippen molar-refractivity contribution in [2.45, 2.75) is 130 Å². The van der Waals surface area contributed by atoms with Crippen LogP contribution >= 0.6 is 0 Å². The van der Waals surface area contributed by atoms with Crippen molar-refractivity contribution in [3.8, 4) is 0 Å². The van der Waals surface area contributed by atoms with E-state index in [1.54, 1.807) is 0 Å². The predicted octanol–water partition coefficient (Wildman–Crippen LogP) is 9.68. The molecule has 0 aliphatic carbocycles. The Morgan fingerprint density at radius 3 is 1.36 bits per heavy atom. The van der Waals surface area contributed by atoms with Crippen molar-refractivity contribution in [3.63, 3.8) is 0 Å². The minimum Gasteiger partial charge on any atom is -0.381 e. The lowest BCUT2D eigenvalue weighted by atomic mass is 9.79. The van der Waals surface area contributed by atoms with Gasteiger partial charge in [-0.2, -0.15) is 0 Å². The zero-order valence-corrected chi connectivity index (χ0v) is 26.0. The molecule has 0 N–H and O–H groups in total. The van der Waals surface area contributed by atoms with Crippen LogP contribution in [0.4, 0.5) is 0 Å². The first-order chi connectivity index (χ1) is 15.7. The molecule has 3 nitrogen and oxygen atoms in total. The molecule has 3 saturated heterocycles. The van der Waals surface area contributed by atoms with Crippen LogP contribution in [0.1, 0.15) is 130 Å². The molecule has 3 fully saturated rings. The molecule has 0 aromatic heterocycles. The topological polar surface area (TPSA) is 27.7 Å². The second kappa shape index (κ2) is 26.5. The molecule has 33 heavy (non-hydrogen) atoms. The minimum absolute atomic E-state index is 0.472. The molecule has 3 heterocycles. The van der Waals surface area contributed by atoms with Crippen LogP contribution in [-0.4, -0.2) is 39.6 Å². The molecule has 3 rings (SSSR count). The Bertz CT molecular complexity index is 334. The van der Waals surface area contributed by atoms with E-state index >= 15 is 0 Å². The van der Waals surface area contributed by atoms with Gasteiger partial charge in [-0.1, -0.05) is 104 Å². The average Bonchev–Trinajstić information content (AvgIpc) is 3.63. The molecule has 3 atom stereocenters. The molecule has 0 amide bonds. The molecule has 206 valence electrons. The first-order valence-electron chi connectivity index (χ1n) is 14.5. The lowest BCUT2D eigenvalue weighted by molar-refractivity contribution is 0.133. The summed E-state index contributed by atoms with van der Waals surface area (Å²) in [6.07, 6.45) is 5.03. The van der Waals surface area contributed by atoms with Crippen molar-refractivity contribution in [1.29, 1.82) is 0 Å². The normalized spacial score (nSPS) is 27.0. The molecule has 3 aliphatic rings. The molecular formula is C30H68O3. The standard InChI is InChI=1S/C8H16O.2C7H14O.4C2H6/c1-7(2)8(3)4-5-9-6-8;1-6(2)7-3-4-8-5-7;1-3-7(2)4-5-8-6-7;4*1-2/h7H,4-6H2,1-3H3;6-7H,3-5H2,1-2H3;3-6H2,1-2H3;4*1-2H3. The van der Waals surface area contributed by atoms with Crippen molar-refractivity contribution in [1.82, 2.24) is 0 Å². The monoisotopic (exact) mass is 477 g/mol. The Morgan fingerprint density at radius 1 is 0.697 bits per heavy atom. The summed E-state index contributed by atoms with van der Waals surface area (Å²) in [5.41, 5.74) is 0.986. The summed E-state index contributed by atoms with van der Waals surface area (Å²) in [6.45, 7) is 37.8. The molecule has 0 bridgehead atoms. The van der Waals surface area contributed by atoms with Crippen molar-refractivity contribution < 1.29 is 14.2 Å². The Hall–Kier alpha value is -0.120. The van der Waals surface area contributed by atoms with Crippen molar-refractivity contribution in [2.75, 3.05) is 39.6 Å². The van der Waals surface area contributed by atoms with E-state index in [0.29, 0.717) is 10.8 Å². The van der Waals surface area contributed by atoms with Gasteiger partial charge < -0.3 is 14.2 Å². The van der Waals surface area contributed by atoms with Gasteiger partial charge in [-0.05, 0) is 54.3 Å². The highest BCUT2D eigenvalue weighted by atomic mass is 16.5. The molecule has 0 aromatic carbocycles. The first kappa shape index (κ1) is 40.1. The number of rotatable bonds is 3. The third kappa shape index (κ3) is 19.8. The zero-order chi connectivity index (χ0) is 26.9. The molecule has 0 saturated carbocycles. The van der Waals surface area contributed by atoms with E-state index < -0.39 is 0 Å². The van der Waals surface area contributed by atoms with Gasteiger partial charge in [0.1, 0.15) is 0 Å². The van der Waals surface area contributed by atoms with Gasteiger partial charge in [-0.3, -0.25) is 0 Å². The second-order valence-corrected chi connectivity index (χ2v) is 9.45. The van der Waals surface area contributed by atoms with Crippen LogP contribution in [0.2, 0.25) is 0 Å². The van der Waals surface area contributed by atoms with E-state index in [-0.39, 0.29) is 0 Å². The molecule has 0 radical (unpaired) electrons. The highest BCUT2D eigenvalue weighted by Gasteiger charge is 2.32. The number of hydrogen-bond acceptors (Lipinski definition) is 3. The van der Waals surface area contributed by atoms with Gasteiger partial charge in [-0.25, -0.2) is 0 Å². The van der Waals surface area contributed by atoms with Crippen LogP contribution in [0, 0.1) is 28.6 Å². The fourth-order valence-corrected chi connectivity index (χ4v) is 3.20. The lowest BCUT2D eigenvalue weighted by Gasteiger charge is -2.25. The zero-order valence-electron chi connectivity index (χ0n) is 26.0. The van der Waals surface area contributed by atoms with E-state index in [4.69, 9.17) is 14.2 Å². The van der Waals surface area contributed by atoms with Crippen LogP contribution in [-0.2, 0) is 14.2 Å². The van der Waals surface area contributed by atoms with Gasteiger partial charge in [-0.15, -0.1) is 0 Å². The van der Waals surface area contributed by atoms with Crippen LogP contribution in [0.5, 0.6) is 0 Å². The summed E-state index contributed by atoms with van der Waals surface area (Å²) < 4.78 is 15.8. The third-order valence-corrected chi connectivity index (χ3v) is 6.70. The summed E-state index contributed by atoms with van der Waals surface area (Å²) in [7, 11) is 0. The fourth-order valence-electron chi connectivity index (χ4n) is 3.20. The molecule has 0 spiro atoms. The minimum atomic E-state index is 0.472. The van der Waals surface area contributed by atoms with E-state index in [0.717, 1.165) is 57.4 Å². The van der Waals surface area contributed by atoms with Gasteiger partial charge >= 0.3 is 0 Å². The lowest BCUT2D eigenvalue weighted by Crippen LogP contribution is -2.22. The first-order valence-corrected chi connectivity index (χ1v) is 14.5. The maximum atomic E-state index is 5.32. The van der Waals surface area contributed by atoms with Crippen molar-refractivity contribution in [2.24, 2.45) is 28.6 Å². The molecule has 3 heteroatoms. The maximum Gasteiger partial charge on any atom is 0.0523 e. The highest BCUT2D eigenvalue weighted by Crippen LogP contribution is 2.35. The van der Waals surface area contributed by atoms with E-state index in [1.807, 2.05) is 55.4 Å². The van der Waals surface area contributed by atoms with Gasteiger partial charge in [0.25, 0.3) is 0 Å². The summed E-state index contributed by atoms with van der Waals surface area (Å²) in [5, 5.41) is 0. The third-order valence-electron chi connectivity index (χ3n) is 6.70. The van der Waals surface area contributed by atoms with Gasteiger partial charge in [0.15, 0.2) is 0 Å². The Morgan fingerprint density at radius 2 is 1.18 bits per heavy atom. The van der Waals surface area contributed by atoms with E-state index in [9.17, 15) is 0 Å². The smallest absolute Gasteiger partial charge is 0.0523 e. The quantitative estimate of drug-likeness (QED) is 0.405. The van der Waals surface area contributed by atoms with Crippen LogP contribution in [0.15, 0.2) is 0 Å². The van der Waals surface area contributed by atoms with Gasteiger partial charge in [0.2, 0.25) is 0 Å². The van der Waals surface area contributed by atoms with Crippen LogP contribution in [0.3, 0.4) is 0 Å².